The van der Waals surface area contributed by atoms with E-state index in [4.69, 9.17) is 4.74 Å². The maximum absolute atomic E-state index is 11.2. The third kappa shape index (κ3) is 1.25. The number of rotatable bonds is 2. The summed E-state index contributed by atoms with van der Waals surface area (Å²) in [5.41, 5.74) is -0.713. The van der Waals surface area contributed by atoms with Gasteiger partial charge in [-0.25, -0.2) is 0 Å². The van der Waals surface area contributed by atoms with E-state index in [1.807, 2.05) is 6.92 Å². The van der Waals surface area contributed by atoms with Crippen molar-refractivity contribution in [3.63, 3.8) is 0 Å². The van der Waals surface area contributed by atoms with E-state index < -0.39 is 17.5 Å². The number of ether oxygens (including phenoxy) is 1. The van der Waals surface area contributed by atoms with Crippen LogP contribution in [-0.4, -0.2) is 35.5 Å². The summed E-state index contributed by atoms with van der Waals surface area (Å²) in [6, 6.07) is 0. The number of carboxylic acids is 1. The third-order valence-corrected chi connectivity index (χ3v) is 3.61. The molecule has 1 saturated heterocycles. The smallest absolute Gasteiger partial charge is 0.310 e. The fourth-order valence-corrected chi connectivity index (χ4v) is 2.89. The van der Waals surface area contributed by atoms with Crippen molar-refractivity contribution in [1.29, 1.82) is 0 Å². The third-order valence-electron chi connectivity index (χ3n) is 3.61. The number of hydrogen-bond donors (Lipinski definition) is 2. The maximum Gasteiger partial charge on any atom is 0.310 e. The molecule has 2 atom stereocenters. The molecule has 0 amide bonds. The molecule has 4 heteroatoms. The predicted octanol–water partition coefficient (Wildman–Crippen LogP) is 0.495. The second-order valence-corrected chi connectivity index (χ2v) is 4.69. The van der Waals surface area contributed by atoms with Crippen LogP contribution in [0.15, 0.2) is 0 Å². The van der Waals surface area contributed by atoms with Gasteiger partial charge in [0.15, 0.2) is 0 Å². The van der Waals surface area contributed by atoms with Gasteiger partial charge in [-0.2, -0.15) is 0 Å². The second-order valence-electron chi connectivity index (χ2n) is 4.69. The van der Waals surface area contributed by atoms with Crippen LogP contribution in [0.3, 0.4) is 0 Å². The summed E-state index contributed by atoms with van der Waals surface area (Å²) in [5.74, 6) is -0.528. The fraction of sp³-hybridized carbons (Fsp3) is 0.900. The van der Waals surface area contributed by atoms with Crippen molar-refractivity contribution in [3.8, 4) is 0 Å². The average molecular weight is 200 g/mol. The lowest BCUT2D eigenvalue weighted by molar-refractivity contribution is -0.167. The van der Waals surface area contributed by atoms with Gasteiger partial charge in [0.05, 0.1) is 24.7 Å². The van der Waals surface area contributed by atoms with Crippen LogP contribution in [0.25, 0.3) is 0 Å². The summed E-state index contributed by atoms with van der Waals surface area (Å²) < 4.78 is 5.12. The van der Waals surface area contributed by atoms with Gasteiger partial charge >= 0.3 is 5.97 Å². The van der Waals surface area contributed by atoms with Crippen molar-refractivity contribution in [2.24, 2.45) is 17.3 Å². The first-order valence-corrected chi connectivity index (χ1v) is 5.05. The maximum atomic E-state index is 11.2. The molecule has 0 aromatic rings. The van der Waals surface area contributed by atoms with Gasteiger partial charge in [0.25, 0.3) is 0 Å². The van der Waals surface area contributed by atoms with E-state index in [9.17, 15) is 15.0 Å². The normalized spacial score (nSPS) is 47.4. The molecule has 1 aliphatic heterocycles. The van der Waals surface area contributed by atoms with E-state index in [2.05, 4.69) is 0 Å². The molecule has 80 valence electrons. The number of carboxylic acid groups (broad SMARTS) is 1. The van der Waals surface area contributed by atoms with Crippen LogP contribution >= 0.6 is 0 Å². The average Bonchev–Trinajstić information content (AvgIpc) is 2.45. The monoisotopic (exact) mass is 200 g/mol. The zero-order valence-corrected chi connectivity index (χ0v) is 8.27. The van der Waals surface area contributed by atoms with E-state index in [1.54, 1.807) is 0 Å². The molecular weight excluding hydrogens is 184 g/mol. The number of aliphatic carboxylic acids is 1. The van der Waals surface area contributed by atoms with E-state index in [0.29, 0.717) is 25.4 Å². The summed E-state index contributed by atoms with van der Waals surface area (Å²) >= 11 is 0. The van der Waals surface area contributed by atoms with E-state index in [-0.39, 0.29) is 12.5 Å². The fourth-order valence-electron chi connectivity index (χ4n) is 2.89. The molecule has 0 aromatic carbocycles. The van der Waals surface area contributed by atoms with Crippen LogP contribution in [0.5, 0.6) is 0 Å². The second kappa shape index (κ2) is 3.21. The van der Waals surface area contributed by atoms with Crippen LogP contribution < -0.4 is 0 Å². The molecule has 4 nitrogen and oxygen atoms in total. The Balaban J connectivity index is 2.15. The van der Waals surface area contributed by atoms with Crippen molar-refractivity contribution in [2.75, 3.05) is 13.2 Å². The standard InChI is InChI=1S/C10H16O4/c1-6-2-10(3-6,9(12)13)7-4-14-5-8(7)11/h6-8,11H,2-5H2,1H3,(H,12,13). The van der Waals surface area contributed by atoms with Crippen molar-refractivity contribution in [3.05, 3.63) is 0 Å². The highest BCUT2D eigenvalue weighted by Gasteiger charge is 2.57. The van der Waals surface area contributed by atoms with E-state index in [0.717, 1.165) is 0 Å². The minimum atomic E-state index is -0.773. The zero-order valence-electron chi connectivity index (χ0n) is 8.27. The highest BCUT2D eigenvalue weighted by Crippen LogP contribution is 2.53. The van der Waals surface area contributed by atoms with Gasteiger partial charge in [-0.3, -0.25) is 4.79 Å². The van der Waals surface area contributed by atoms with Crippen LogP contribution in [0.4, 0.5) is 0 Å². The molecule has 2 unspecified atom stereocenters. The first-order chi connectivity index (χ1) is 6.56. The summed E-state index contributed by atoms with van der Waals surface area (Å²) in [6.07, 6.45) is 0.750. The zero-order chi connectivity index (χ0) is 10.3. The van der Waals surface area contributed by atoms with Gasteiger partial charge in [0.1, 0.15) is 0 Å². The largest absolute Gasteiger partial charge is 0.481 e. The Morgan fingerprint density at radius 1 is 1.43 bits per heavy atom. The summed E-state index contributed by atoms with van der Waals surface area (Å²) in [5, 5.41) is 18.8. The molecule has 2 fully saturated rings. The molecule has 2 aliphatic rings. The van der Waals surface area contributed by atoms with Crippen molar-refractivity contribution < 1.29 is 19.7 Å². The van der Waals surface area contributed by atoms with Gasteiger partial charge in [0, 0.05) is 5.92 Å². The molecule has 1 heterocycles. The lowest BCUT2D eigenvalue weighted by Crippen LogP contribution is -2.52. The molecule has 1 aliphatic carbocycles. The highest BCUT2D eigenvalue weighted by atomic mass is 16.5. The molecule has 0 radical (unpaired) electrons. The SMILES string of the molecule is CC1CC(C(=O)O)(C2COCC2O)C1. The van der Waals surface area contributed by atoms with Gasteiger partial charge in [-0.1, -0.05) is 6.92 Å². The lowest BCUT2D eigenvalue weighted by Gasteiger charge is -2.47. The Hall–Kier alpha value is -0.610. The molecule has 0 aromatic heterocycles. The van der Waals surface area contributed by atoms with Gasteiger partial charge in [-0.05, 0) is 18.8 Å². The van der Waals surface area contributed by atoms with Crippen LogP contribution in [0.1, 0.15) is 19.8 Å². The van der Waals surface area contributed by atoms with Crippen LogP contribution in [0.2, 0.25) is 0 Å². The molecule has 2 N–H and O–H groups in total. The van der Waals surface area contributed by atoms with Crippen molar-refractivity contribution >= 4 is 5.97 Å². The van der Waals surface area contributed by atoms with Gasteiger partial charge < -0.3 is 14.9 Å². The van der Waals surface area contributed by atoms with Crippen LogP contribution in [-0.2, 0) is 9.53 Å². The Kier molecular flexibility index (Phi) is 2.27. The number of carbonyl (C=O) groups is 1. The molecule has 0 bridgehead atoms. The predicted molar refractivity (Wildman–Crippen MR) is 48.8 cm³/mol. The Morgan fingerprint density at radius 2 is 2.07 bits per heavy atom. The van der Waals surface area contributed by atoms with Gasteiger partial charge in [-0.15, -0.1) is 0 Å². The van der Waals surface area contributed by atoms with Crippen molar-refractivity contribution in [2.45, 2.75) is 25.9 Å². The first-order valence-electron chi connectivity index (χ1n) is 5.05. The molecule has 14 heavy (non-hydrogen) atoms. The number of aliphatic hydroxyl groups excluding tert-OH is 1. The lowest BCUT2D eigenvalue weighted by atomic mass is 9.55. The van der Waals surface area contributed by atoms with E-state index in [1.165, 1.54) is 0 Å². The minimum absolute atomic E-state index is 0.212. The first kappa shape index (κ1) is 9.93. The summed E-state index contributed by atoms with van der Waals surface area (Å²) in [7, 11) is 0. The number of aliphatic hydroxyl groups is 1. The van der Waals surface area contributed by atoms with Gasteiger partial charge in [0.2, 0.25) is 0 Å². The molecule has 1 saturated carbocycles. The molecule has 2 rings (SSSR count). The number of hydrogen-bond acceptors (Lipinski definition) is 3. The van der Waals surface area contributed by atoms with Crippen molar-refractivity contribution in [1.82, 2.24) is 0 Å². The topological polar surface area (TPSA) is 66.8 Å². The van der Waals surface area contributed by atoms with Crippen LogP contribution in [0, 0.1) is 17.3 Å². The molecule has 0 spiro atoms. The Morgan fingerprint density at radius 3 is 2.43 bits per heavy atom. The quantitative estimate of drug-likeness (QED) is 0.681. The Bertz CT molecular complexity index is 245. The Labute approximate surface area is 82.9 Å². The van der Waals surface area contributed by atoms with E-state index >= 15 is 0 Å². The minimum Gasteiger partial charge on any atom is -0.481 e. The highest BCUT2D eigenvalue weighted by molar-refractivity contribution is 5.76. The summed E-state index contributed by atoms with van der Waals surface area (Å²) in [6.45, 7) is 2.72. The summed E-state index contributed by atoms with van der Waals surface area (Å²) in [4.78, 5) is 11.2. The molecular formula is C10H16O4.